The minimum Gasteiger partial charge on any atom is -0.496 e. The van der Waals surface area contributed by atoms with Gasteiger partial charge in [-0.3, -0.25) is 0 Å². The maximum absolute atomic E-state index is 10.6. The van der Waals surface area contributed by atoms with Gasteiger partial charge in [0.1, 0.15) is 5.75 Å². The molecule has 0 saturated carbocycles. The first-order chi connectivity index (χ1) is 8.81. The highest BCUT2D eigenvalue weighted by atomic mass is 32.2. The summed E-state index contributed by atoms with van der Waals surface area (Å²) in [5.74, 6) is 0.611. The lowest BCUT2D eigenvalue weighted by Gasteiger charge is -2.17. The largest absolute Gasteiger partial charge is 0.496 e. The Kier molecular flexibility index (Phi) is 5.48. The third-order valence-corrected chi connectivity index (χ3v) is 3.72. The van der Waals surface area contributed by atoms with E-state index in [4.69, 9.17) is 9.84 Å². The Morgan fingerprint density at radius 1 is 1.42 bits per heavy atom. The van der Waals surface area contributed by atoms with Crippen LogP contribution in [0.2, 0.25) is 0 Å². The van der Waals surface area contributed by atoms with Crippen molar-refractivity contribution in [3.8, 4) is 5.75 Å². The molecule has 1 aromatic rings. The summed E-state index contributed by atoms with van der Waals surface area (Å²) in [5, 5.41) is 8.69. The molecule has 3 nitrogen and oxygen atoms in total. The molecule has 0 radical (unpaired) electrons. The van der Waals surface area contributed by atoms with Crippen LogP contribution in [0.4, 0.5) is 0 Å². The molecule has 0 fully saturated rings. The summed E-state index contributed by atoms with van der Waals surface area (Å²) in [4.78, 5) is 10.6. The fourth-order valence-corrected chi connectivity index (χ4v) is 2.24. The van der Waals surface area contributed by atoms with Gasteiger partial charge >= 0.3 is 5.97 Å². The number of carbonyl (C=O) groups is 1. The maximum Gasteiger partial charge on any atom is 0.328 e. The quantitative estimate of drug-likeness (QED) is 0.833. The van der Waals surface area contributed by atoms with Crippen LogP contribution in [-0.2, 0) is 10.5 Å². The van der Waals surface area contributed by atoms with Crippen LogP contribution in [0.5, 0.6) is 5.75 Å². The molecule has 104 valence electrons. The van der Waals surface area contributed by atoms with Crippen molar-refractivity contribution in [1.29, 1.82) is 0 Å². The van der Waals surface area contributed by atoms with Crippen molar-refractivity contribution in [3.63, 3.8) is 0 Å². The number of methoxy groups -OCH3 is 1. The van der Waals surface area contributed by atoms with E-state index in [2.05, 4.69) is 20.8 Å². The number of carboxylic acids is 1. The van der Waals surface area contributed by atoms with E-state index in [1.54, 1.807) is 13.2 Å². The summed E-state index contributed by atoms with van der Waals surface area (Å²) in [6.45, 7) is 6.52. The summed E-state index contributed by atoms with van der Waals surface area (Å²) < 4.78 is 5.43. The number of hydrogen-bond acceptors (Lipinski definition) is 3. The second kappa shape index (κ2) is 6.66. The summed E-state index contributed by atoms with van der Waals surface area (Å²) in [6.07, 6.45) is 2.69. The van der Waals surface area contributed by atoms with E-state index in [-0.39, 0.29) is 4.75 Å². The number of thioether (sulfide) groups is 1. The Labute approximate surface area is 118 Å². The Morgan fingerprint density at radius 3 is 2.63 bits per heavy atom. The second-order valence-electron chi connectivity index (χ2n) is 5.15. The zero-order chi connectivity index (χ0) is 14.5. The molecule has 0 heterocycles. The molecule has 0 amide bonds. The van der Waals surface area contributed by atoms with Crippen molar-refractivity contribution < 1.29 is 14.6 Å². The van der Waals surface area contributed by atoms with E-state index >= 15 is 0 Å². The zero-order valence-electron chi connectivity index (χ0n) is 11.8. The zero-order valence-corrected chi connectivity index (χ0v) is 12.6. The highest BCUT2D eigenvalue weighted by Crippen LogP contribution is 2.29. The number of carboxylic acid groups (broad SMARTS) is 1. The van der Waals surface area contributed by atoms with Crippen molar-refractivity contribution in [1.82, 2.24) is 0 Å². The van der Waals surface area contributed by atoms with E-state index < -0.39 is 5.97 Å². The van der Waals surface area contributed by atoms with Gasteiger partial charge in [-0.1, -0.05) is 26.8 Å². The monoisotopic (exact) mass is 280 g/mol. The Balaban J connectivity index is 2.91. The minimum absolute atomic E-state index is 0.205. The summed E-state index contributed by atoms with van der Waals surface area (Å²) >= 11 is 1.85. The van der Waals surface area contributed by atoms with Crippen LogP contribution in [0, 0.1) is 0 Å². The van der Waals surface area contributed by atoms with E-state index in [0.29, 0.717) is 5.75 Å². The Morgan fingerprint density at radius 2 is 2.11 bits per heavy atom. The van der Waals surface area contributed by atoms with Gasteiger partial charge in [-0.25, -0.2) is 4.79 Å². The van der Waals surface area contributed by atoms with Crippen molar-refractivity contribution in [2.75, 3.05) is 7.11 Å². The molecule has 0 aromatic heterocycles. The summed E-state index contributed by atoms with van der Waals surface area (Å²) in [7, 11) is 1.58. The minimum atomic E-state index is -0.962. The van der Waals surface area contributed by atoms with E-state index in [0.717, 1.165) is 23.0 Å². The third-order valence-electron chi connectivity index (χ3n) is 2.37. The summed E-state index contributed by atoms with van der Waals surface area (Å²) in [6, 6.07) is 5.85. The Hall–Kier alpha value is -1.42. The maximum atomic E-state index is 10.6. The normalized spacial score (nSPS) is 11.8. The van der Waals surface area contributed by atoms with Crippen LogP contribution in [-0.4, -0.2) is 22.9 Å². The van der Waals surface area contributed by atoms with Crippen molar-refractivity contribution in [3.05, 3.63) is 35.4 Å². The molecule has 0 saturated heterocycles. The van der Waals surface area contributed by atoms with Gasteiger partial charge in [0.15, 0.2) is 0 Å². The molecule has 0 aliphatic heterocycles. The number of aliphatic carboxylic acids is 1. The predicted octanol–water partition coefficient (Wildman–Crippen LogP) is 3.82. The van der Waals surface area contributed by atoms with Crippen LogP contribution in [0.1, 0.15) is 31.9 Å². The predicted molar refractivity (Wildman–Crippen MR) is 80.7 cm³/mol. The topological polar surface area (TPSA) is 46.5 Å². The molecule has 1 N–H and O–H groups in total. The third kappa shape index (κ3) is 5.83. The molecule has 0 unspecified atom stereocenters. The average molecular weight is 280 g/mol. The SMILES string of the molecule is COc1ccc(CSC(C)(C)C)cc1/C=C/C(=O)O. The highest BCUT2D eigenvalue weighted by Gasteiger charge is 2.11. The van der Waals surface area contributed by atoms with Crippen LogP contribution >= 0.6 is 11.8 Å². The van der Waals surface area contributed by atoms with Crippen LogP contribution < -0.4 is 4.74 Å². The number of ether oxygens (including phenoxy) is 1. The molecule has 4 heteroatoms. The second-order valence-corrected chi connectivity index (χ2v) is 6.95. The first-order valence-corrected chi connectivity index (χ1v) is 7.02. The molecular formula is C15H20O3S. The number of hydrogen-bond donors (Lipinski definition) is 1. The van der Waals surface area contributed by atoms with E-state index in [1.807, 2.05) is 30.0 Å². The van der Waals surface area contributed by atoms with Crippen LogP contribution in [0.3, 0.4) is 0 Å². The molecule has 0 bridgehead atoms. The lowest BCUT2D eigenvalue weighted by atomic mass is 10.1. The molecular weight excluding hydrogens is 260 g/mol. The molecule has 0 aliphatic carbocycles. The van der Waals surface area contributed by atoms with Crippen molar-refractivity contribution in [2.45, 2.75) is 31.3 Å². The Bertz CT molecular complexity index is 473. The van der Waals surface area contributed by atoms with Gasteiger partial charge in [-0.05, 0) is 23.8 Å². The van der Waals surface area contributed by atoms with E-state index in [9.17, 15) is 4.79 Å². The van der Waals surface area contributed by atoms with Crippen LogP contribution in [0.15, 0.2) is 24.3 Å². The van der Waals surface area contributed by atoms with Gasteiger partial charge in [0.25, 0.3) is 0 Å². The smallest absolute Gasteiger partial charge is 0.328 e. The van der Waals surface area contributed by atoms with Crippen molar-refractivity contribution >= 4 is 23.8 Å². The fraction of sp³-hybridized carbons (Fsp3) is 0.400. The van der Waals surface area contributed by atoms with Gasteiger partial charge < -0.3 is 9.84 Å². The molecule has 0 aliphatic rings. The highest BCUT2D eigenvalue weighted by molar-refractivity contribution is 7.99. The first-order valence-electron chi connectivity index (χ1n) is 6.04. The standard InChI is InChI=1S/C15H20O3S/c1-15(2,3)19-10-11-5-7-13(18-4)12(9-11)6-8-14(16)17/h5-9H,10H2,1-4H3,(H,16,17)/b8-6+. The van der Waals surface area contributed by atoms with Gasteiger partial charge in [-0.15, -0.1) is 0 Å². The van der Waals surface area contributed by atoms with Crippen molar-refractivity contribution in [2.24, 2.45) is 0 Å². The first kappa shape index (κ1) is 15.6. The molecule has 0 atom stereocenters. The average Bonchev–Trinajstić information content (AvgIpc) is 2.33. The lowest BCUT2D eigenvalue weighted by molar-refractivity contribution is -0.131. The fourth-order valence-electron chi connectivity index (χ4n) is 1.46. The molecule has 1 rings (SSSR count). The van der Waals surface area contributed by atoms with Gasteiger partial charge in [-0.2, -0.15) is 11.8 Å². The van der Waals surface area contributed by atoms with Gasteiger partial charge in [0, 0.05) is 22.1 Å². The van der Waals surface area contributed by atoms with Crippen LogP contribution in [0.25, 0.3) is 6.08 Å². The number of benzene rings is 1. The molecule has 19 heavy (non-hydrogen) atoms. The van der Waals surface area contributed by atoms with E-state index in [1.165, 1.54) is 0 Å². The summed E-state index contributed by atoms with van der Waals surface area (Å²) in [5.41, 5.74) is 1.95. The molecule has 0 spiro atoms. The lowest BCUT2D eigenvalue weighted by Crippen LogP contribution is -2.07. The van der Waals surface area contributed by atoms with Gasteiger partial charge in [0.2, 0.25) is 0 Å². The molecule has 1 aromatic carbocycles. The number of rotatable bonds is 5. The van der Waals surface area contributed by atoms with Gasteiger partial charge in [0.05, 0.1) is 7.11 Å².